The zero-order valence-electron chi connectivity index (χ0n) is 10.2. The Morgan fingerprint density at radius 1 is 1.06 bits per heavy atom. The quantitative estimate of drug-likeness (QED) is 0.918. The first-order chi connectivity index (χ1) is 8.72. The SMILES string of the molecule is Cc1ccc(S(=O)[C@@H](CO)c2ccccc2)cc1. The highest BCUT2D eigenvalue weighted by atomic mass is 32.2. The van der Waals surface area contributed by atoms with Crippen molar-refractivity contribution in [2.24, 2.45) is 0 Å². The van der Waals surface area contributed by atoms with Crippen LogP contribution < -0.4 is 0 Å². The molecular formula is C15H16O2S. The van der Waals surface area contributed by atoms with Gasteiger partial charge in [0.2, 0.25) is 0 Å². The van der Waals surface area contributed by atoms with Crippen molar-refractivity contribution in [2.75, 3.05) is 6.61 Å². The predicted octanol–water partition coefficient (Wildman–Crippen LogP) is 2.84. The van der Waals surface area contributed by atoms with Gasteiger partial charge >= 0.3 is 0 Å². The molecule has 2 aromatic rings. The summed E-state index contributed by atoms with van der Waals surface area (Å²) in [6.07, 6.45) is 0. The van der Waals surface area contributed by atoms with Crippen molar-refractivity contribution in [3.8, 4) is 0 Å². The maximum atomic E-state index is 12.4. The highest BCUT2D eigenvalue weighted by Gasteiger charge is 2.19. The van der Waals surface area contributed by atoms with Gasteiger partial charge in [0.1, 0.15) is 0 Å². The van der Waals surface area contributed by atoms with Crippen molar-refractivity contribution in [3.63, 3.8) is 0 Å². The Hall–Kier alpha value is -1.45. The maximum Gasteiger partial charge on any atom is 0.0874 e. The predicted molar refractivity (Wildman–Crippen MR) is 73.9 cm³/mol. The molecular weight excluding hydrogens is 244 g/mol. The van der Waals surface area contributed by atoms with Crippen LogP contribution in [0.25, 0.3) is 0 Å². The lowest BCUT2D eigenvalue weighted by molar-refractivity contribution is 0.294. The lowest BCUT2D eigenvalue weighted by Gasteiger charge is -2.14. The van der Waals surface area contributed by atoms with Crippen LogP contribution in [0.3, 0.4) is 0 Å². The fourth-order valence-electron chi connectivity index (χ4n) is 1.80. The second kappa shape index (κ2) is 5.94. The van der Waals surface area contributed by atoms with Gasteiger partial charge in [0.05, 0.1) is 22.7 Å². The van der Waals surface area contributed by atoms with E-state index >= 15 is 0 Å². The molecule has 0 fully saturated rings. The number of rotatable bonds is 4. The van der Waals surface area contributed by atoms with Crippen LogP contribution in [0.2, 0.25) is 0 Å². The zero-order chi connectivity index (χ0) is 13.0. The Morgan fingerprint density at radius 3 is 2.22 bits per heavy atom. The second-order valence-electron chi connectivity index (χ2n) is 4.19. The summed E-state index contributed by atoms with van der Waals surface area (Å²) >= 11 is 0. The summed E-state index contributed by atoms with van der Waals surface area (Å²) in [4.78, 5) is 0.753. The van der Waals surface area contributed by atoms with Gasteiger partial charge in [0.25, 0.3) is 0 Å². The van der Waals surface area contributed by atoms with E-state index in [0.717, 1.165) is 16.0 Å². The molecule has 0 amide bonds. The first kappa shape index (κ1) is 13.0. The molecule has 18 heavy (non-hydrogen) atoms. The normalized spacial score (nSPS) is 14.1. The van der Waals surface area contributed by atoms with Crippen molar-refractivity contribution in [3.05, 3.63) is 65.7 Å². The summed E-state index contributed by atoms with van der Waals surface area (Å²) in [6, 6.07) is 17.1. The number of hydrogen-bond acceptors (Lipinski definition) is 2. The van der Waals surface area contributed by atoms with Gasteiger partial charge in [0, 0.05) is 4.90 Å². The summed E-state index contributed by atoms with van der Waals surface area (Å²) in [6.45, 7) is 1.87. The molecule has 2 nitrogen and oxygen atoms in total. The molecule has 0 aliphatic heterocycles. The largest absolute Gasteiger partial charge is 0.395 e. The van der Waals surface area contributed by atoms with E-state index in [9.17, 15) is 9.32 Å². The molecule has 0 bridgehead atoms. The van der Waals surface area contributed by atoms with E-state index in [0.29, 0.717) is 0 Å². The van der Waals surface area contributed by atoms with Crippen molar-refractivity contribution in [1.82, 2.24) is 0 Å². The minimum absolute atomic E-state index is 0.121. The lowest BCUT2D eigenvalue weighted by atomic mass is 10.2. The van der Waals surface area contributed by atoms with Crippen LogP contribution in [0.1, 0.15) is 16.4 Å². The molecule has 2 atom stereocenters. The second-order valence-corrected chi connectivity index (χ2v) is 5.83. The molecule has 0 aliphatic rings. The van der Waals surface area contributed by atoms with Gasteiger partial charge in [-0.2, -0.15) is 0 Å². The summed E-state index contributed by atoms with van der Waals surface area (Å²) < 4.78 is 12.4. The summed E-state index contributed by atoms with van der Waals surface area (Å²) in [5.41, 5.74) is 2.04. The van der Waals surface area contributed by atoms with Gasteiger partial charge in [-0.1, -0.05) is 48.0 Å². The molecule has 2 aromatic carbocycles. The molecule has 0 saturated heterocycles. The van der Waals surface area contributed by atoms with Crippen molar-refractivity contribution < 1.29 is 9.32 Å². The molecule has 0 aliphatic carbocycles. The average molecular weight is 260 g/mol. The third kappa shape index (κ3) is 2.86. The maximum absolute atomic E-state index is 12.4. The summed E-state index contributed by atoms with van der Waals surface area (Å²) in [5.74, 6) is 0. The van der Waals surface area contributed by atoms with E-state index in [-0.39, 0.29) is 11.9 Å². The van der Waals surface area contributed by atoms with Crippen LogP contribution in [0.5, 0.6) is 0 Å². The molecule has 0 saturated carbocycles. The van der Waals surface area contributed by atoms with E-state index in [2.05, 4.69) is 0 Å². The third-order valence-electron chi connectivity index (χ3n) is 2.85. The van der Waals surface area contributed by atoms with Gasteiger partial charge < -0.3 is 5.11 Å². The van der Waals surface area contributed by atoms with Crippen LogP contribution in [0, 0.1) is 6.92 Å². The minimum atomic E-state index is -1.23. The fraction of sp³-hybridized carbons (Fsp3) is 0.200. The Morgan fingerprint density at radius 2 is 1.67 bits per heavy atom. The highest BCUT2D eigenvalue weighted by Crippen LogP contribution is 2.24. The first-order valence-electron chi connectivity index (χ1n) is 5.85. The first-order valence-corrected chi connectivity index (χ1v) is 7.06. The number of aliphatic hydroxyl groups excluding tert-OH is 1. The molecule has 3 heteroatoms. The molecule has 0 spiro atoms. The Balaban J connectivity index is 2.28. The standard InChI is InChI=1S/C15H16O2S/c1-12-7-9-14(10-8-12)18(17)15(11-16)13-5-3-2-4-6-13/h2-10,15-16H,11H2,1H3/t15-,18?/m0/s1. The molecule has 94 valence electrons. The van der Waals surface area contributed by atoms with E-state index in [1.165, 1.54) is 0 Å². The molecule has 1 N–H and O–H groups in total. The Bertz CT molecular complexity index is 520. The molecule has 1 unspecified atom stereocenters. The van der Waals surface area contributed by atoms with Crippen LogP contribution in [0.15, 0.2) is 59.5 Å². The molecule has 0 radical (unpaired) electrons. The van der Waals surface area contributed by atoms with Gasteiger partial charge in [-0.25, -0.2) is 0 Å². The number of hydrogen-bond donors (Lipinski definition) is 1. The summed E-state index contributed by atoms with van der Waals surface area (Å²) in [5, 5.41) is 9.11. The van der Waals surface area contributed by atoms with Crippen molar-refractivity contribution in [2.45, 2.75) is 17.1 Å². The molecule has 0 heterocycles. The lowest BCUT2D eigenvalue weighted by Crippen LogP contribution is -2.11. The zero-order valence-corrected chi connectivity index (χ0v) is 11.1. The van der Waals surface area contributed by atoms with Gasteiger partial charge in [-0.3, -0.25) is 4.21 Å². The van der Waals surface area contributed by atoms with Crippen molar-refractivity contribution in [1.29, 1.82) is 0 Å². The Kier molecular flexibility index (Phi) is 4.28. The number of aliphatic hydroxyl groups is 1. The van der Waals surface area contributed by atoms with E-state index in [1.807, 2.05) is 61.5 Å². The molecule has 2 rings (SSSR count). The van der Waals surface area contributed by atoms with Crippen LogP contribution in [-0.4, -0.2) is 15.9 Å². The monoisotopic (exact) mass is 260 g/mol. The van der Waals surface area contributed by atoms with Gasteiger partial charge in [0.15, 0.2) is 0 Å². The summed E-state index contributed by atoms with van der Waals surface area (Å²) in [7, 11) is -1.23. The molecule has 0 aromatic heterocycles. The number of benzene rings is 2. The van der Waals surface area contributed by atoms with Gasteiger partial charge in [-0.15, -0.1) is 0 Å². The third-order valence-corrected chi connectivity index (χ3v) is 4.52. The fourth-order valence-corrected chi connectivity index (χ4v) is 3.07. The van der Waals surface area contributed by atoms with Crippen LogP contribution >= 0.6 is 0 Å². The van der Waals surface area contributed by atoms with Crippen LogP contribution in [-0.2, 0) is 10.8 Å². The van der Waals surface area contributed by atoms with E-state index < -0.39 is 10.8 Å². The van der Waals surface area contributed by atoms with E-state index in [4.69, 9.17) is 0 Å². The van der Waals surface area contributed by atoms with Gasteiger partial charge in [-0.05, 0) is 24.6 Å². The topological polar surface area (TPSA) is 37.3 Å². The van der Waals surface area contributed by atoms with Crippen LogP contribution in [0.4, 0.5) is 0 Å². The minimum Gasteiger partial charge on any atom is -0.395 e. The highest BCUT2D eigenvalue weighted by molar-refractivity contribution is 7.85. The number of aryl methyl sites for hydroxylation is 1. The van der Waals surface area contributed by atoms with Crippen molar-refractivity contribution >= 4 is 10.8 Å². The average Bonchev–Trinajstić information content (AvgIpc) is 2.41. The van der Waals surface area contributed by atoms with E-state index in [1.54, 1.807) is 0 Å². The Labute approximate surface area is 110 Å². The smallest absolute Gasteiger partial charge is 0.0874 e.